The quantitative estimate of drug-likeness (QED) is 0.796. The molecule has 1 aliphatic heterocycles. The van der Waals surface area contributed by atoms with Crippen molar-refractivity contribution in [1.29, 1.82) is 0 Å². The van der Waals surface area contributed by atoms with Crippen LogP contribution in [0.2, 0.25) is 0 Å². The molecule has 1 rings (SSSR count). The Labute approximate surface area is 100 Å². The first-order valence-corrected chi connectivity index (χ1v) is 6.95. The number of hydrogen-bond donors (Lipinski definition) is 1. The first-order valence-electron chi connectivity index (χ1n) is 5.56. The molecule has 92 valence electrons. The summed E-state index contributed by atoms with van der Waals surface area (Å²) in [7, 11) is 0. The number of amides is 1. The van der Waals surface area contributed by atoms with Gasteiger partial charge in [0.1, 0.15) is 0 Å². The van der Waals surface area contributed by atoms with Crippen molar-refractivity contribution in [2.45, 2.75) is 26.2 Å². The molecule has 1 amide bonds. The van der Waals surface area contributed by atoms with Crippen LogP contribution in [0.25, 0.3) is 0 Å². The number of nitrogens with zero attached hydrogens (tertiary/aromatic N) is 1. The number of carbonyl (C=O) groups is 2. The maximum absolute atomic E-state index is 11.8. The van der Waals surface area contributed by atoms with Gasteiger partial charge in [0.15, 0.2) is 0 Å². The molecular formula is C11H19NO3S. The number of hydrogen-bond acceptors (Lipinski definition) is 3. The first kappa shape index (κ1) is 13.4. The molecule has 1 unspecified atom stereocenters. The highest BCUT2D eigenvalue weighted by Gasteiger charge is 2.44. The number of carboxylic acids is 1. The molecule has 1 heterocycles. The van der Waals surface area contributed by atoms with E-state index < -0.39 is 11.4 Å². The van der Waals surface area contributed by atoms with Crippen LogP contribution in [0.4, 0.5) is 0 Å². The number of rotatable bonds is 5. The average molecular weight is 245 g/mol. The SMILES string of the molecule is CCC1(C(=O)O)CCN(C(=O)CCSC)C1. The average Bonchev–Trinajstić information content (AvgIpc) is 2.71. The Morgan fingerprint density at radius 1 is 1.50 bits per heavy atom. The molecule has 4 nitrogen and oxygen atoms in total. The third-order valence-corrected chi connectivity index (χ3v) is 3.97. The number of carbonyl (C=O) groups excluding carboxylic acids is 1. The maximum Gasteiger partial charge on any atom is 0.311 e. The third-order valence-electron chi connectivity index (χ3n) is 3.36. The molecular weight excluding hydrogens is 226 g/mol. The van der Waals surface area contributed by atoms with Crippen molar-refractivity contribution >= 4 is 23.6 Å². The number of aliphatic carboxylic acids is 1. The van der Waals surface area contributed by atoms with Gasteiger partial charge in [0, 0.05) is 25.3 Å². The van der Waals surface area contributed by atoms with Gasteiger partial charge >= 0.3 is 5.97 Å². The highest BCUT2D eigenvalue weighted by Crippen LogP contribution is 2.34. The second-order valence-electron chi connectivity index (χ2n) is 4.25. The number of carboxylic acid groups (broad SMARTS) is 1. The molecule has 1 atom stereocenters. The van der Waals surface area contributed by atoms with Crippen LogP contribution in [0.1, 0.15) is 26.2 Å². The minimum absolute atomic E-state index is 0.0888. The van der Waals surface area contributed by atoms with Crippen molar-refractivity contribution in [3.05, 3.63) is 0 Å². The molecule has 0 saturated carbocycles. The van der Waals surface area contributed by atoms with E-state index in [1.165, 1.54) is 0 Å². The van der Waals surface area contributed by atoms with Gasteiger partial charge in [0.2, 0.25) is 5.91 Å². The summed E-state index contributed by atoms with van der Waals surface area (Å²) in [6.07, 6.45) is 3.66. The lowest BCUT2D eigenvalue weighted by atomic mass is 9.84. The Balaban J connectivity index is 2.57. The monoisotopic (exact) mass is 245 g/mol. The molecule has 0 aromatic rings. The molecule has 0 radical (unpaired) electrons. The van der Waals surface area contributed by atoms with Crippen molar-refractivity contribution in [3.63, 3.8) is 0 Å². The zero-order chi connectivity index (χ0) is 12.2. The van der Waals surface area contributed by atoms with E-state index in [1.807, 2.05) is 13.2 Å². The van der Waals surface area contributed by atoms with Gasteiger partial charge in [-0.3, -0.25) is 9.59 Å². The molecule has 1 aliphatic rings. The van der Waals surface area contributed by atoms with Gasteiger partial charge in [-0.15, -0.1) is 0 Å². The minimum Gasteiger partial charge on any atom is -0.481 e. The van der Waals surface area contributed by atoms with Crippen LogP contribution < -0.4 is 0 Å². The third kappa shape index (κ3) is 2.70. The van der Waals surface area contributed by atoms with Gasteiger partial charge in [0.05, 0.1) is 5.41 Å². The summed E-state index contributed by atoms with van der Waals surface area (Å²) in [6.45, 7) is 2.85. The fraction of sp³-hybridized carbons (Fsp3) is 0.818. The predicted molar refractivity (Wildman–Crippen MR) is 64.6 cm³/mol. The zero-order valence-electron chi connectivity index (χ0n) is 9.86. The Kier molecular flexibility index (Phi) is 4.65. The largest absolute Gasteiger partial charge is 0.481 e. The second kappa shape index (κ2) is 5.57. The topological polar surface area (TPSA) is 57.6 Å². The summed E-state index contributed by atoms with van der Waals surface area (Å²) in [6, 6.07) is 0. The zero-order valence-corrected chi connectivity index (χ0v) is 10.7. The molecule has 0 aliphatic carbocycles. The van der Waals surface area contributed by atoms with E-state index >= 15 is 0 Å². The summed E-state index contributed by atoms with van der Waals surface area (Å²) < 4.78 is 0. The lowest BCUT2D eigenvalue weighted by Crippen LogP contribution is -2.36. The lowest BCUT2D eigenvalue weighted by Gasteiger charge is -2.23. The van der Waals surface area contributed by atoms with Gasteiger partial charge in [-0.1, -0.05) is 6.92 Å². The van der Waals surface area contributed by atoms with E-state index in [4.69, 9.17) is 0 Å². The van der Waals surface area contributed by atoms with Crippen LogP contribution in [-0.2, 0) is 9.59 Å². The fourth-order valence-corrected chi connectivity index (χ4v) is 2.43. The maximum atomic E-state index is 11.8. The fourth-order valence-electron chi connectivity index (χ4n) is 2.05. The predicted octanol–water partition coefficient (Wildman–Crippen LogP) is 1.45. The summed E-state index contributed by atoms with van der Waals surface area (Å²) in [5, 5.41) is 9.20. The van der Waals surface area contributed by atoms with Crippen LogP contribution in [0.15, 0.2) is 0 Å². The summed E-state index contributed by atoms with van der Waals surface area (Å²) in [4.78, 5) is 24.6. The minimum atomic E-state index is -0.768. The van der Waals surface area contributed by atoms with E-state index in [9.17, 15) is 14.7 Å². The first-order chi connectivity index (χ1) is 7.55. The molecule has 0 bridgehead atoms. The number of thioether (sulfide) groups is 1. The van der Waals surface area contributed by atoms with E-state index in [1.54, 1.807) is 16.7 Å². The van der Waals surface area contributed by atoms with E-state index in [0.29, 0.717) is 32.4 Å². The van der Waals surface area contributed by atoms with Crippen molar-refractivity contribution in [3.8, 4) is 0 Å². The van der Waals surface area contributed by atoms with Crippen LogP contribution in [0.3, 0.4) is 0 Å². The highest BCUT2D eigenvalue weighted by atomic mass is 32.2. The molecule has 0 spiro atoms. The van der Waals surface area contributed by atoms with Crippen molar-refractivity contribution in [1.82, 2.24) is 4.90 Å². The van der Waals surface area contributed by atoms with Crippen LogP contribution >= 0.6 is 11.8 Å². The Morgan fingerprint density at radius 3 is 2.62 bits per heavy atom. The molecule has 1 N–H and O–H groups in total. The van der Waals surface area contributed by atoms with Crippen molar-refractivity contribution < 1.29 is 14.7 Å². The Bertz CT molecular complexity index is 282. The van der Waals surface area contributed by atoms with Crippen LogP contribution in [-0.4, -0.2) is 47.0 Å². The Hall–Kier alpha value is -0.710. The van der Waals surface area contributed by atoms with Gasteiger partial charge < -0.3 is 10.0 Å². The smallest absolute Gasteiger partial charge is 0.311 e. The lowest BCUT2D eigenvalue weighted by molar-refractivity contribution is -0.148. The normalized spacial score (nSPS) is 24.8. The van der Waals surface area contributed by atoms with E-state index in [2.05, 4.69) is 0 Å². The van der Waals surface area contributed by atoms with Crippen LogP contribution in [0.5, 0.6) is 0 Å². The second-order valence-corrected chi connectivity index (χ2v) is 5.23. The molecule has 0 aromatic heterocycles. The van der Waals surface area contributed by atoms with E-state index in [-0.39, 0.29) is 5.91 Å². The van der Waals surface area contributed by atoms with Gasteiger partial charge in [0.25, 0.3) is 0 Å². The summed E-state index contributed by atoms with van der Waals surface area (Å²) in [5.41, 5.74) is -0.699. The van der Waals surface area contributed by atoms with Gasteiger partial charge in [-0.25, -0.2) is 0 Å². The highest BCUT2D eigenvalue weighted by molar-refractivity contribution is 7.98. The molecule has 1 fully saturated rings. The molecule has 1 saturated heterocycles. The summed E-state index contributed by atoms with van der Waals surface area (Å²) in [5.74, 6) is 0.128. The molecule has 5 heteroatoms. The number of likely N-dealkylation sites (tertiary alicyclic amines) is 1. The van der Waals surface area contributed by atoms with Crippen molar-refractivity contribution in [2.24, 2.45) is 5.41 Å². The van der Waals surface area contributed by atoms with E-state index in [0.717, 1.165) is 5.75 Å². The standard InChI is InChI=1S/C11H19NO3S/c1-3-11(10(14)15)5-6-12(8-11)9(13)4-7-16-2/h3-8H2,1-2H3,(H,14,15). The van der Waals surface area contributed by atoms with Crippen molar-refractivity contribution in [2.75, 3.05) is 25.1 Å². The van der Waals surface area contributed by atoms with Gasteiger partial charge in [-0.2, -0.15) is 11.8 Å². The van der Waals surface area contributed by atoms with Crippen LogP contribution in [0, 0.1) is 5.41 Å². The summed E-state index contributed by atoms with van der Waals surface area (Å²) >= 11 is 1.64. The van der Waals surface area contributed by atoms with Gasteiger partial charge in [-0.05, 0) is 19.1 Å². The Morgan fingerprint density at radius 2 is 2.19 bits per heavy atom. The molecule has 0 aromatic carbocycles. The molecule has 16 heavy (non-hydrogen) atoms.